The minimum Gasteiger partial charge on any atom is -0.494 e. The van der Waals surface area contributed by atoms with Gasteiger partial charge in [-0.3, -0.25) is 9.59 Å². The SMILES string of the molecule is CCC(C)C(=O)CNC(=O)Cc1cccc(OCCCC(O)O)c1. The summed E-state index contributed by atoms with van der Waals surface area (Å²) in [5, 5.41) is 20.2. The summed E-state index contributed by atoms with van der Waals surface area (Å²) in [5.41, 5.74) is 0.795. The summed E-state index contributed by atoms with van der Waals surface area (Å²) in [4.78, 5) is 23.6. The van der Waals surface area contributed by atoms with Crippen molar-refractivity contribution in [2.75, 3.05) is 13.2 Å². The molecule has 0 aromatic heterocycles. The molecule has 0 saturated heterocycles. The van der Waals surface area contributed by atoms with E-state index in [-0.39, 0.29) is 37.0 Å². The Morgan fingerprint density at radius 3 is 2.71 bits per heavy atom. The molecule has 1 atom stereocenters. The molecule has 1 aromatic carbocycles. The van der Waals surface area contributed by atoms with E-state index in [1.807, 2.05) is 19.9 Å². The first-order valence-electron chi connectivity index (χ1n) is 8.29. The molecule has 24 heavy (non-hydrogen) atoms. The molecule has 6 heteroatoms. The van der Waals surface area contributed by atoms with Crippen molar-refractivity contribution in [3.8, 4) is 5.75 Å². The van der Waals surface area contributed by atoms with E-state index in [2.05, 4.69) is 5.32 Å². The molecule has 0 fully saturated rings. The molecule has 1 amide bonds. The first-order valence-corrected chi connectivity index (χ1v) is 8.29. The van der Waals surface area contributed by atoms with Crippen LogP contribution in [0.4, 0.5) is 0 Å². The molecule has 0 aliphatic heterocycles. The molecule has 134 valence electrons. The molecule has 0 aliphatic carbocycles. The van der Waals surface area contributed by atoms with E-state index >= 15 is 0 Å². The lowest BCUT2D eigenvalue weighted by Crippen LogP contribution is -2.33. The van der Waals surface area contributed by atoms with Crippen LogP contribution in [0.15, 0.2) is 24.3 Å². The van der Waals surface area contributed by atoms with Crippen LogP contribution in [-0.4, -0.2) is 41.3 Å². The van der Waals surface area contributed by atoms with Gasteiger partial charge in [0.2, 0.25) is 5.91 Å². The topological polar surface area (TPSA) is 95.9 Å². The van der Waals surface area contributed by atoms with Gasteiger partial charge >= 0.3 is 0 Å². The van der Waals surface area contributed by atoms with Crippen LogP contribution in [-0.2, 0) is 16.0 Å². The Labute approximate surface area is 142 Å². The van der Waals surface area contributed by atoms with Crippen molar-refractivity contribution < 1.29 is 24.5 Å². The number of rotatable bonds is 11. The molecule has 0 radical (unpaired) electrons. The maximum atomic E-state index is 11.9. The van der Waals surface area contributed by atoms with Gasteiger partial charge in [-0.05, 0) is 30.5 Å². The molecule has 1 rings (SSSR count). The molecular formula is C18H27NO5. The molecular weight excluding hydrogens is 310 g/mol. The number of hydrogen-bond acceptors (Lipinski definition) is 5. The number of ether oxygens (including phenoxy) is 1. The number of ketones is 1. The van der Waals surface area contributed by atoms with Gasteiger partial charge in [-0.25, -0.2) is 0 Å². The number of nitrogens with one attached hydrogen (secondary N) is 1. The second kappa shape index (κ2) is 10.8. The van der Waals surface area contributed by atoms with Crippen LogP contribution in [0.1, 0.15) is 38.7 Å². The van der Waals surface area contributed by atoms with E-state index in [1.165, 1.54) is 0 Å². The molecule has 0 heterocycles. The highest BCUT2D eigenvalue weighted by molar-refractivity contribution is 5.88. The molecule has 3 N–H and O–H groups in total. The van der Waals surface area contributed by atoms with Crippen LogP contribution in [0.2, 0.25) is 0 Å². The first kappa shape index (κ1) is 20.1. The maximum Gasteiger partial charge on any atom is 0.224 e. The van der Waals surface area contributed by atoms with E-state index < -0.39 is 6.29 Å². The smallest absolute Gasteiger partial charge is 0.224 e. The number of aliphatic hydroxyl groups is 2. The Kier molecular flexibility index (Phi) is 9.04. The molecule has 1 aromatic rings. The third-order valence-corrected chi connectivity index (χ3v) is 3.76. The van der Waals surface area contributed by atoms with Crippen LogP contribution in [0.5, 0.6) is 5.75 Å². The predicted molar refractivity (Wildman–Crippen MR) is 90.6 cm³/mol. The summed E-state index contributed by atoms with van der Waals surface area (Å²) >= 11 is 0. The molecule has 6 nitrogen and oxygen atoms in total. The van der Waals surface area contributed by atoms with Crippen molar-refractivity contribution in [3.63, 3.8) is 0 Å². The zero-order valence-corrected chi connectivity index (χ0v) is 14.3. The average molecular weight is 337 g/mol. The van der Waals surface area contributed by atoms with Crippen LogP contribution in [0.25, 0.3) is 0 Å². The number of hydrogen-bond donors (Lipinski definition) is 3. The number of benzene rings is 1. The van der Waals surface area contributed by atoms with E-state index in [0.717, 1.165) is 12.0 Å². The largest absolute Gasteiger partial charge is 0.494 e. The van der Waals surface area contributed by atoms with Crippen LogP contribution >= 0.6 is 0 Å². The number of carbonyl (C=O) groups excluding carboxylic acids is 2. The molecule has 1 unspecified atom stereocenters. The van der Waals surface area contributed by atoms with Gasteiger partial charge in [-0.1, -0.05) is 26.0 Å². The monoisotopic (exact) mass is 337 g/mol. The van der Waals surface area contributed by atoms with Crippen LogP contribution in [0.3, 0.4) is 0 Å². The van der Waals surface area contributed by atoms with Gasteiger partial charge in [0, 0.05) is 12.3 Å². The molecule has 0 saturated carbocycles. The summed E-state index contributed by atoms with van der Waals surface area (Å²) < 4.78 is 5.51. The Bertz CT molecular complexity index is 530. The zero-order chi connectivity index (χ0) is 17.9. The highest BCUT2D eigenvalue weighted by Gasteiger charge is 2.12. The Morgan fingerprint density at radius 1 is 1.29 bits per heavy atom. The Balaban J connectivity index is 2.40. The van der Waals surface area contributed by atoms with Crippen molar-refractivity contribution in [2.45, 2.75) is 45.8 Å². The normalized spacial score (nSPS) is 12.0. The van der Waals surface area contributed by atoms with E-state index in [9.17, 15) is 9.59 Å². The number of carbonyl (C=O) groups is 2. The fraction of sp³-hybridized carbons (Fsp3) is 0.556. The predicted octanol–water partition coefficient (Wildman–Crippen LogP) is 1.43. The second-order valence-electron chi connectivity index (χ2n) is 5.85. The van der Waals surface area contributed by atoms with Gasteiger partial charge in [0.1, 0.15) is 5.75 Å². The van der Waals surface area contributed by atoms with E-state index in [1.54, 1.807) is 18.2 Å². The lowest BCUT2D eigenvalue weighted by molar-refractivity contribution is -0.126. The first-order chi connectivity index (χ1) is 11.4. The fourth-order valence-corrected chi connectivity index (χ4v) is 2.04. The van der Waals surface area contributed by atoms with Gasteiger partial charge < -0.3 is 20.3 Å². The van der Waals surface area contributed by atoms with Gasteiger partial charge in [0.15, 0.2) is 12.1 Å². The number of aliphatic hydroxyl groups excluding tert-OH is 1. The van der Waals surface area contributed by atoms with Gasteiger partial charge in [-0.15, -0.1) is 0 Å². The third-order valence-electron chi connectivity index (χ3n) is 3.76. The summed E-state index contributed by atoms with van der Waals surface area (Å²) in [5.74, 6) is 0.420. The van der Waals surface area contributed by atoms with E-state index in [0.29, 0.717) is 18.8 Å². The zero-order valence-electron chi connectivity index (χ0n) is 14.3. The lowest BCUT2D eigenvalue weighted by atomic mass is 10.0. The fourth-order valence-electron chi connectivity index (χ4n) is 2.04. The lowest BCUT2D eigenvalue weighted by Gasteiger charge is -2.10. The van der Waals surface area contributed by atoms with E-state index in [4.69, 9.17) is 14.9 Å². The highest BCUT2D eigenvalue weighted by Crippen LogP contribution is 2.14. The van der Waals surface area contributed by atoms with Crippen LogP contribution < -0.4 is 10.1 Å². The third kappa shape index (κ3) is 8.08. The minimum atomic E-state index is -1.32. The van der Waals surface area contributed by atoms with Crippen molar-refractivity contribution in [3.05, 3.63) is 29.8 Å². The second-order valence-corrected chi connectivity index (χ2v) is 5.85. The highest BCUT2D eigenvalue weighted by atomic mass is 16.5. The van der Waals surface area contributed by atoms with Gasteiger partial charge in [0.05, 0.1) is 19.6 Å². The molecule has 0 bridgehead atoms. The van der Waals surface area contributed by atoms with Crippen molar-refractivity contribution >= 4 is 11.7 Å². The Morgan fingerprint density at radius 2 is 2.04 bits per heavy atom. The quantitative estimate of drug-likeness (QED) is 0.419. The maximum absolute atomic E-state index is 11.9. The Hall–Kier alpha value is -1.92. The summed E-state index contributed by atoms with van der Waals surface area (Å²) in [6.07, 6.45) is 0.412. The molecule has 0 spiro atoms. The van der Waals surface area contributed by atoms with Gasteiger partial charge in [-0.2, -0.15) is 0 Å². The van der Waals surface area contributed by atoms with Crippen LogP contribution in [0, 0.1) is 5.92 Å². The number of amides is 1. The summed E-state index contributed by atoms with van der Waals surface area (Å²) in [7, 11) is 0. The van der Waals surface area contributed by atoms with Gasteiger partial charge in [0.25, 0.3) is 0 Å². The van der Waals surface area contributed by atoms with Crippen molar-refractivity contribution in [2.24, 2.45) is 5.92 Å². The summed E-state index contributed by atoms with van der Waals surface area (Å²) in [6.45, 7) is 4.23. The average Bonchev–Trinajstić information content (AvgIpc) is 2.56. The summed E-state index contributed by atoms with van der Waals surface area (Å²) in [6, 6.07) is 7.16. The minimum absolute atomic E-state index is 0.0361. The number of Topliss-reactive ketones (excluding diaryl/α,β-unsaturated/α-hetero) is 1. The van der Waals surface area contributed by atoms with Crippen molar-refractivity contribution in [1.29, 1.82) is 0 Å². The van der Waals surface area contributed by atoms with Crippen molar-refractivity contribution in [1.82, 2.24) is 5.32 Å². The molecule has 0 aliphatic rings. The standard InChI is InChI=1S/C18H27NO5/c1-3-13(2)16(20)12-19-17(21)11-14-6-4-7-15(10-14)24-9-5-8-18(22)23/h4,6-7,10,13,18,22-23H,3,5,8-9,11-12H2,1-2H3,(H,19,21).